The molecule has 1 rings (SSSR count). The second kappa shape index (κ2) is 16.5. The van der Waals surface area contributed by atoms with Crippen LogP contribution in [0.25, 0.3) is 0 Å². The number of nitrogens with one attached hydrogen (secondary N) is 1. The van der Waals surface area contributed by atoms with Crippen molar-refractivity contribution in [3.8, 4) is 0 Å². The fraction of sp³-hybridized carbons (Fsp3) is 0.850. The van der Waals surface area contributed by atoms with Gasteiger partial charge in [-0.05, 0) is 19.8 Å². The number of unbranched alkanes of at least 4 members (excludes halogenated alkanes) is 9. The molecule has 1 amide bonds. The van der Waals surface area contributed by atoms with Crippen molar-refractivity contribution >= 4 is 17.8 Å². The molecule has 0 saturated carbocycles. The summed E-state index contributed by atoms with van der Waals surface area (Å²) in [5.41, 5.74) is 5.39. The van der Waals surface area contributed by atoms with Gasteiger partial charge in [-0.15, -0.1) is 0 Å². The minimum atomic E-state index is -0.944. The molecule has 2 unspecified atom stereocenters. The van der Waals surface area contributed by atoms with Crippen LogP contribution in [0.3, 0.4) is 0 Å². The zero-order valence-electron chi connectivity index (χ0n) is 17.0. The summed E-state index contributed by atoms with van der Waals surface area (Å²) in [6.07, 6.45) is 13.7. The second-order valence-electron chi connectivity index (χ2n) is 7.14. The molecule has 0 aliphatic carbocycles. The number of hydrogen-bond donors (Lipinski definition) is 3. The average Bonchev–Trinajstić information content (AvgIpc) is 3.06. The SMILES string of the molecule is CCCCCCCCCCCCOC(=O)C(C)N.O=C1CCC(C(=O)O)N1. The Morgan fingerprint density at radius 3 is 2.00 bits per heavy atom. The van der Waals surface area contributed by atoms with Gasteiger partial charge in [0.15, 0.2) is 0 Å². The van der Waals surface area contributed by atoms with E-state index >= 15 is 0 Å². The lowest BCUT2D eigenvalue weighted by Gasteiger charge is -2.06. The molecule has 7 nitrogen and oxygen atoms in total. The highest BCUT2D eigenvalue weighted by Crippen LogP contribution is 2.10. The summed E-state index contributed by atoms with van der Waals surface area (Å²) in [7, 11) is 0. The maximum atomic E-state index is 11.1. The predicted octanol–water partition coefficient (Wildman–Crippen LogP) is 3.15. The minimum absolute atomic E-state index is 0.164. The van der Waals surface area contributed by atoms with Gasteiger partial charge in [0, 0.05) is 6.42 Å². The van der Waals surface area contributed by atoms with E-state index in [9.17, 15) is 14.4 Å². The molecule has 1 aliphatic heterocycles. The van der Waals surface area contributed by atoms with Crippen molar-refractivity contribution in [3.05, 3.63) is 0 Å². The van der Waals surface area contributed by atoms with Gasteiger partial charge in [0.05, 0.1) is 6.61 Å². The highest BCUT2D eigenvalue weighted by molar-refractivity contribution is 5.87. The number of carboxylic acid groups (broad SMARTS) is 1. The molecule has 0 aromatic rings. The zero-order valence-corrected chi connectivity index (χ0v) is 17.0. The number of rotatable bonds is 13. The van der Waals surface area contributed by atoms with Gasteiger partial charge in [-0.1, -0.05) is 64.7 Å². The molecule has 7 heteroatoms. The maximum Gasteiger partial charge on any atom is 0.326 e. The lowest BCUT2D eigenvalue weighted by atomic mass is 10.1. The van der Waals surface area contributed by atoms with Crippen molar-refractivity contribution in [3.63, 3.8) is 0 Å². The molecule has 4 N–H and O–H groups in total. The van der Waals surface area contributed by atoms with Crippen LogP contribution in [-0.4, -0.2) is 41.6 Å². The van der Waals surface area contributed by atoms with E-state index in [0.29, 0.717) is 19.4 Å². The standard InChI is InChI=1S/C15H31NO2.C5H7NO3/c1-3-4-5-6-7-8-9-10-11-12-13-18-15(17)14(2)16;7-4-2-1-3(6-4)5(8)9/h14H,3-13,16H2,1-2H3;3H,1-2H2,(H,6,7)(H,8,9). The molecule has 0 bridgehead atoms. The summed E-state index contributed by atoms with van der Waals surface area (Å²) >= 11 is 0. The van der Waals surface area contributed by atoms with Gasteiger partial charge in [0.25, 0.3) is 0 Å². The van der Waals surface area contributed by atoms with Crippen LogP contribution in [0, 0.1) is 0 Å². The van der Waals surface area contributed by atoms with E-state index in [4.69, 9.17) is 15.6 Å². The topological polar surface area (TPSA) is 119 Å². The van der Waals surface area contributed by atoms with E-state index in [1.807, 2.05) is 0 Å². The van der Waals surface area contributed by atoms with Crippen molar-refractivity contribution in [2.75, 3.05) is 6.61 Å². The first-order valence-corrected chi connectivity index (χ1v) is 10.3. The molecule has 2 atom stereocenters. The highest BCUT2D eigenvalue weighted by Gasteiger charge is 2.26. The van der Waals surface area contributed by atoms with Crippen molar-refractivity contribution in [2.24, 2.45) is 5.73 Å². The molecule has 27 heavy (non-hydrogen) atoms. The molecular formula is C20H38N2O5. The van der Waals surface area contributed by atoms with Crippen molar-refractivity contribution < 1.29 is 24.2 Å². The molecule has 0 aromatic carbocycles. The molecule has 1 saturated heterocycles. The van der Waals surface area contributed by atoms with Crippen molar-refractivity contribution in [1.29, 1.82) is 0 Å². The molecular weight excluding hydrogens is 348 g/mol. The third-order valence-corrected chi connectivity index (χ3v) is 4.41. The third kappa shape index (κ3) is 15.2. The Bertz CT molecular complexity index is 427. The Balaban J connectivity index is 0.000000621. The van der Waals surface area contributed by atoms with Gasteiger partial charge in [-0.25, -0.2) is 4.79 Å². The number of carbonyl (C=O) groups is 3. The van der Waals surface area contributed by atoms with Crippen LogP contribution in [-0.2, 0) is 19.1 Å². The Kier molecular flexibility index (Phi) is 15.5. The van der Waals surface area contributed by atoms with Crippen molar-refractivity contribution in [1.82, 2.24) is 5.32 Å². The predicted molar refractivity (Wildman–Crippen MR) is 105 cm³/mol. The Labute approximate surface area is 163 Å². The molecule has 1 heterocycles. The van der Waals surface area contributed by atoms with E-state index in [1.54, 1.807) is 6.92 Å². The molecule has 1 fully saturated rings. The van der Waals surface area contributed by atoms with E-state index < -0.39 is 18.1 Å². The fourth-order valence-electron chi connectivity index (χ4n) is 2.69. The fourth-order valence-corrected chi connectivity index (χ4v) is 2.69. The number of carboxylic acids is 1. The van der Waals surface area contributed by atoms with E-state index in [2.05, 4.69) is 12.2 Å². The number of hydrogen-bond acceptors (Lipinski definition) is 5. The number of carbonyl (C=O) groups excluding carboxylic acids is 2. The van der Waals surface area contributed by atoms with Crippen LogP contribution in [0.4, 0.5) is 0 Å². The van der Waals surface area contributed by atoms with E-state index in [-0.39, 0.29) is 11.9 Å². The zero-order chi connectivity index (χ0) is 20.5. The van der Waals surface area contributed by atoms with Gasteiger partial charge in [-0.2, -0.15) is 0 Å². The van der Waals surface area contributed by atoms with Gasteiger partial charge >= 0.3 is 11.9 Å². The molecule has 158 valence electrons. The van der Waals surface area contributed by atoms with Crippen LogP contribution in [0.2, 0.25) is 0 Å². The van der Waals surface area contributed by atoms with Gasteiger partial charge in [0.1, 0.15) is 12.1 Å². The molecule has 1 aliphatic rings. The average molecular weight is 387 g/mol. The van der Waals surface area contributed by atoms with Crippen LogP contribution in [0.5, 0.6) is 0 Å². The smallest absolute Gasteiger partial charge is 0.326 e. The Morgan fingerprint density at radius 1 is 1.11 bits per heavy atom. The second-order valence-corrected chi connectivity index (χ2v) is 7.14. The summed E-state index contributed by atoms with van der Waals surface area (Å²) in [4.78, 5) is 31.6. The van der Waals surface area contributed by atoms with Gasteiger partial charge in [0.2, 0.25) is 5.91 Å². The Morgan fingerprint density at radius 2 is 1.63 bits per heavy atom. The maximum absolute atomic E-state index is 11.1. The number of nitrogens with two attached hydrogens (primary N) is 1. The first-order valence-electron chi connectivity index (χ1n) is 10.3. The lowest BCUT2D eigenvalue weighted by molar-refractivity contribution is -0.145. The number of aliphatic carboxylic acids is 1. The molecule has 0 spiro atoms. The molecule has 0 aromatic heterocycles. The third-order valence-electron chi connectivity index (χ3n) is 4.41. The van der Waals surface area contributed by atoms with Crippen LogP contribution in [0.1, 0.15) is 90.9 Å². The van der Waals surface area contributed by atoms with Crippen LogP contribution >= 0.6 is 0 Å². The molecule has 0 radical (unpaired) electrons. The summed E-state index contributed by atoms with van der Waals surface area (Å²) < 4.78 is 5.01. The number of ether oxygens (including phenoxy) is 1. The van der Waals surface area contributed by atoms with Crippen LogP contribution < -0.4 is 11.1 Å². The van der Waals surface area contributed by atoms with E-state index in [1.165, 1.54) is 51.4 Å². The monoisotopic (exact) mass is 386 g/mol. The quantitative estimate of drug-likeness (QED) is 0.330. The number of esters is 1. The summed E-state index contributed by atoms with van der Waals surface area (Å²) in [6.45, 7) is 4.43. The van der Waals surface area contributed by atoms with Gasteiger partial charge < -0.3 is 20.9 Å². The number of amides is 1. The minimum Gasteiger partial charge on any atom is -0.480 e. The first-order chi connectivity index (χ1) is 12.9. The van der Waals surface area contributed by atoms with Gasteiger partial charge in [-0.3, -0.25) is 9.59 Å². The lowest BCUT2D eigenvalue weighted by Crippen LogP contribution is -2.32. The summed E-state index contributed by atoms with van der Waals surface area (Å²) in [6, 6.07) is -1.13. The Hall–Kier alpha value is -1.63. The summed E-state index contributed by atoms with van der Waals surface area (Å²) in [5, 5.41) is 10.6. The van der Waals surface area contributed by atoms with Crippen molar-refractivity contribution in [2.45, 2.75) is 103 Å². The van der Waals surface area contributed by atoms with Crippen LogP contribution in [0.15, 0.2) is 0 Å². The van der Waals surface area contributed by atoms with E-state index in [0.717, 1.165) is 12.8 Å². The normalized spacial score (nSPS) is 16.9. The summed E-state index contributed by atoms with van der Waals surface area (Å²) in [5.74, 6) is -1.39. The highest BCUT2D eigenvalue weighted by atomic mass is 16.5. The largest absolute Gasteiger partial charge is 0.480 e. The first kappa shape index (κ1) is 25.4.